The van der Waals surface area contributed by atoms with Crippen molar-refractivity contribution in [2.24, 2.45) is 0 Å². The zero-order valence-corrected chi connectivity index (χ0v) is 17.5. The number of morpholine rings is 1. The van der Waals surface area contributed by atoms with E-state index in [-0.39, 0.29) is 12.0 Å². The second-order valence-electron chi connectivity index (χ2n) is 7.22. The third-order valence-electron chi connectivity index (χ3n) is 4.95. The molecular formula is C23H25N3O3S. The first-order valence-electron chi connectivity index (χ1n) is 10.0. The lowest BCUT2D eigenvalue weighted by Crippen LogP contribution is -2.47. The van der Waals surface area contributed by atoms with Gasteiger partial charge in [0.15, 0.2) is 0 Å². The third-order valence-corrected chi connectivity index (χ3v) is 5.58. The van der Waals surface area contributed by atoms with E-state index in [9.17, 15) is 4.79 Å². The molecule has 3 aromatic rings. The van der Waals surface area contributed by atoms with E-state index in [4.69, 9.17) is 9.47 Å². The number of nitrogens with zero attached hydrogens (tertiary/aromatic N) is 2. The first-order chi connectivity index (χ1) is 14.8. The SMILES string of the molecule is O=C(NCC1CN(Cc2ccccc2)CCO1)c1ccc(OCc2cscn2)cc1. The Bertz CT molecular complexity index is 917. The van der Waals surface area contributed by atoms with Gasteiger partial charge in [0, 0.05) is 37.1 Å². The van der Waals surface area contributed by atoms with Crippen molar-refractivity contribution < 1.29 is 14.3 Å². The molecule has 1 amide bonds. The monoisotopic (exact) mass is 423 g/mol. The van der Waals surface area contributed by atoms with Crippen molar-refractivity contribution in [2.45, 2.75) is 19.3 Å². The van der Waals surface area contributed by atoms with Crippen LogP contribution < -0.4 is 10.1 Å². The Morgan fingerprint density at radius 3 is 2.80 bits per heavy atom. The van der Waals surface area contributed by atoms with Gasteiger partial charge >= 0.3 is 0 Å². The molecule has 4 rings (SSSR count). The predicted octanol–water partition coefficient (Wildman–Crippen LogP) is 3.35. The molecule has 1 aliphatic rings. The average molecular weight is 424 g/mol. The molecule has 1 atom stereocenters. The molecule has 1 aliphatic heterocycles. The second kappa shape index (κ2) is 10.3. The van der Waals surface area contributed by atoms with Crippen LogP contribution in [0, 0.1) is 0 Å². The van der Waals surface area contributed by atoms with Gasteiger partial charge in [-0.25, -0.2) is 4.98 Å². The van der Waals surface area contributed by atoms with Crippen molar-refractivity contribution in [3.05, 3.63) is 82.3 Å². The Morgan fingerprint density at radius 2 is 2.03 bits per heavy atom. The number of thiazole rings is 1. The number of amides is 1. The number of carbonyl (C=O) groups excluding carboxylic acids is 1. The minimum Gasteiger partial charge on any atom is -0.487 e. The Labute approximate surface area is 180 Å². The molecule has 30 heavy (non-hydrogen) atoms. The van der Waals surface area contributed by atoms with Gasteiger partial charge in [-0.05, 0) is 29.8 Å². The zero-order valence-electron chi connectivity index (χ0n) is 16.7. The maximum Gasteiger partial charge on any atom is 0.251 e. The summed E-state index contributed by atoms with van der Waals surface area (Å²) in [5, 5.41) is 4.94. The fourth-order valence-electron chi connectivity index (χ4n) is 3.37. The molecule has 7 heteroatoms. The van der Waals surface area contributed by atoms with Crippen LogP contribution in [0.3, 0.4) is 0 Å². The van der Waals surface area contributed by atoms with E-state index in [2.05, 4.69) is 39.5 Å². The highest BCUT2D eigenvalue weighted by Crippen LogP contribution is 2.15. The summed E-state index contributed by atoms with van der Waals surface area (Å²) in [6.45, 7) is 4.20. The van der Waals surface area contributed by atoms with E-state index in [0.717, 1.165) is 25.3 Å². The van der Waals surface area contributed by atoms with E-state index < -0.39 is 0 Å². The number of benzene rings is 2. The maximum atomic E-state index is 12.5. The van der Waals surface area contributed by atoms with E-state index in [1.807, 2.05) is 11.4 Å². The molecule has 156 valence electrons. The Kier molecular flexibility index (Phi) is 7.07. The van der Waals surface area contributed by atoms with Crippen LogP contribution in [0.1, 0.15) is 21.6 Å². The Hall–Kier alpha value is -2.74. The number of hydrogen-bond donors (Lipinski definition) is 1. The number of carbonyl (C=O) groups is 1. The van der Waals surface area contributed by atoms with E-state index in [1.165, 1.54) is 5.56 Å². The molecule has 2 aromatic carbocycles. The summed E-state index contributed by atoms with van der Waals surface area (Å²) in [6, 6.07) is 17.6. The molecule has 1 aromatic heterocycles. The summed E-state index contributed by atoms with van der Waals surface area (Å²) in [5.41, 5.74) is 4.58. The largest absolute Gasteiger partial charge is 0.487 e. The molecule has 1 saturated heterocycles. The van der Waals surface area contributed by atoms with E-state index >= 15 is 0 Å². The lowest BCUT2D eigenvalue weighted by atomic mass is 10.1. The van der Waals surface area contributed by atoms with Gasteiger partial charge in [0.25, 0.3) is 5.91 Å². The molecule has 0 radical (unpaired) electrons. The Morgan fingerprint density at radius 1 is 1.20 bits per heavy atom. The van der Waals surface area contributed by atoms with Gasteiger partial charge in [-0.2, -0.15) is 0 Å². The first-order valence-corrected chi connectivity index (χ1v) is 11.0. The third kappa shape index (κ3) is 5.89. The van der Waals surface area contributed by atoms with Gasteiger partial charge in [-0.1, -0.05) is 30.3 Å². The summed E-state index contributed by atoms with van der Waals surface area (Å²) in [5.74, 6) is 0.608. The summed E-state index contributed by atoms with van der Waals surface area (Å²) < 4.78 is 11.5. The zero-order chi connectivity index (χ0) is 20.6. The van der Waals surface area contributed by atoms with Crippen molar-refractivity contribution in [1.82, 2.24) is 15.2 Å². The molecular weight excluding hydrogens is 398 g/mol. The number of hydrogen-bond acceptors (Lipinski definition) is 6. The maximum absolute atomic E-state index is 12.5. The lowest BCUT2D eigenvalue weighted by Gasteiger charge is -2.33. The quantitative estimate of drug-likeness (QED) is 0.602. The summed E-state index contributed by atoms with van der Waals surface area (Å²) >= 11 is 1.54. The van der Waals surface area contributed by atoms with Crippen LogP contribution in [-0.2, 0) is 17.9 Å². The number of ether oxygens (including phenoxy) is 2. The molecule has 1 unspecified atom stereocenters. The van der Waals surface area contributed by atoms with E-state index in [1.54, 1.807) is 41.1 Å². The summed E-state index contributed by atoms with van der Waals surface area (Å²) in [7, 11) is 0. The van der Waals surface area contributed by atoms with Crippen molar-refractivity contribution in [3.63, 3.8) is 0 Å². The average Bonchev–Trinajstić information content (AvgIpc) is 3.31. The molecule has 2 heterocycles. The molecule has 6 nitrogen and oxygen atoms in total. The van der Waals surface area contributed by atoms with Gasteiger partial charge in [0.2, 0.25) is 0 Å². The van der Waals surface area contributed by atoms with Crippen LogP contribution in [-0.4, -0.2) is 48.1 Å². The number of aromatic nitrogens is 1. The fourth-order valence-corrected chi connectivity index (χ4v) is 3.91. The van der Waals surface area contributed by atoms with Crippen LogP contribution >= 0.6 is 11.3 Å². The highest BCUT2D eigenvalue weighted by Gasteiger charge is 2.21. The van der Waals surface area contributed by atoms with Gasteiger partial charge in [-0.15, -0.1) is 11.3 Å². The van der Waals surface area contributed by atoms with Crippen molar-refractivity contribution in [2.75, 3.05) is 26.2 Å². The van der Waals surface area contributed by atoms with Crippen molar-refractivity contribution in [3.8, 4) is 5.75 Å². The van der Waals surface area contributed by atoms with Crippen LogP contribution in [0.25, 0.3) is 0 Å². The van der Waals surface area contributed by atoms with Crippen LogP contribution in [0.15, 0.2) is 65.5 Å². The van der Waals surface area contributed by atoms with Gasteiger partial charge < -0.3 is 14.8 Å². The topological polar surface area (TPSA) is 63.7 Å². The molecule has 0 spiro atoms. The van der Waals surface area contributed by atoms with Gasteiger partial charge in [-0.3, -0.25) is 9.69 Å². The first kappa shape index (κ1) is 20.5. The fraction of sp³-hybridized carbons (Fsp3) is 0.304. The van der Waals surface area contributed by atoms with E-state index in [0.29, 0.717) is 31.1 Å². The minimum absolute atomic E-state index is 0.00729. The highest BCUT2D eigenvalue weighted by atomic mass is 32.1. The molecule has 1 N–H and O–H groups in total. The second-order valence-corrected chi connectivity index (χ2v) is 7.94. The van der Waals surface area contributed by atoms with Gasteiger partial charge in [0.1, 0.15) is 12.4 Å². The minimum atomic E-state index is -0.107. The van der Waals surface area contributed by atoms with Crippen molar-refractivity contribution in [1.29, 1.82) is 0 Å². The summed E-state index contributed by atoms with van der Waals surface area (Å²) in [4.78, 5) is 19.0. The summed E-state index contributed by atoms with van der Waals surface area (Å²) in [6.07, 6.45) is -0.00729. The molecule has 0 bridgehead atoms. The predicted molar refractivity (Wildman–Crippen MR) is 117 cm³/mol. The van der Waals surface area contributed by atoms with Crippen LogP contribution in [0.5, 0.6) is 5.75 Å². The molecule has 1 fully saturated rings. The van der Waals surface area contributed by atoms with Gasteiger partial charge in [0.05, 0.1) is 23.9 Å². The standard InChI is InChI=1S/C23H25N3O3S/c27-23(19-6-8-21(9-7-19)29-15-20-16-30-17-25-20)24-12-22-14-26(10-11-28-22)13-18-4-2-1-3-5-18/h1-9,16-17,22H,10-15H2,(H,24,27). The lowest BCUT2D eigenvalue weighted by molar-refractivity contribution is -0.0292. The molecule has 0 aliphatic carbocycles. The molecule has 0 saturated carbocycles. The highest BCUT2D eigenvalue weighted by molar-refractivity contribution is 7.07. The Balaban J connectivity index is 1.22. The van der Waals surface area contributed by atoms with Crippen LogP contribution in [0.4, 0.5) is 0 Å². The number of nitrogens with one attached hydrogen (secondary N) is 1. The smallest absolute Gasteiger partial charge is 0.251 e. The van der Waals surface area contributed by atoms with Crippen LogP contribution in [0.2, 0.25) is 0 Å². The normalized spacial score (nSPS) is 16.9. The van der Waals surface area contributed by atoms with Crippen molar-refractivity contribution >= 4 is 17.2 Å². The number of rotatable bonds is 8.